The lowest BCUT2D eigenvalue weighted by Gasteiger charge is -2.19. The predicted molar refractivity (Wildman–Crippen MR) is 95.6 cm³/mol. The average Bonchev–Trinajstić information content (AvgIpc) is 2.56. The van der Waals surface area contributed by atoms with Gasteiger partial charge in [0.1, 0.15) is 5.60 Å². The highest BCUT2D eigenvalue weighted by atomic mass is 19.4. The molecule has 0 bridgehead atoms. The SMILES string of the molecule is CC(C)(C)OC(=O)NCCC(=O)NCCNC(=O)c1ccc(C(F)(F)F)cc1. The fourth-order valence-corrected chi connectivity index (χ4v) is 1.97. The van der Waals surface area contributed by atoms with Gasteiger partial charge >= 0.3 is 12.3 Å². The first-order valence-electron chi connectivity index (χ1n) is 8.57. The number of halogens is 3. The number of alkyl halides is 3. The lowest BCUT2D eigenvalue weighted by Crippen LogP contribution is -2.37. The summed E-state index contributed by atoms with van der Waals surface area (Å²) in [5.41, 5.74) is -1.38. The van der Waals surface area contributed by atoms with E-state index in [0.717, 1.165) is 24.3 Å². The van der Waals surface area contributed by atoms with Gasteiger partial charge in [-0.3, -0.25) is 9.59 Å². The molecule has 0 aliphatic rings. The molecule has 7 nitrogen and oxygen atoms in total. The molecular weight excluding hydrogens is 379 g/mol. The Morgan fingerprint density at radius 3 is 2.00 bits per heavy atom. The van der Waals surface area contributed by atoms with E-state index in [-0.39, 0.29) is 37.5 Å². The van der Waals surface area contributed by atoms with Gasteiger partial charge < -0.3 is 20.7 Å². The van der Waals surface area contributed by atoms with E-state index in [1.165, 1.54) is 0 Å². The van der Waals surface area contributed by atoms with Crippen LogP contribution in [0.5, 0.6) is 0 Å². The average molecular weight is 403 g/mol. The zero-order valence-corrected chi connectivity index (χ0v) is 15.9. The number of hydrogen-bond donors (Lipinski definition) is 3. The molecule has 10 heteroatoms. The van der Waals surface area contributed by atoms with Crippen molar-refractivity contribution in [1.82, 2.24) is 16.0 Å². The number of benzene rings is 1. The topological polar surface area (TPSA) is 96.5 Å². The fraction of sp³-hybridized carbons (Fsp3) is 0.500. The minimum absolute atomic E-state index is 0.0338. The van der Waals surface area contributed by atoms with Crippen LogP contribution in [-0.4, -0.2) is 43.1 Å². The van der Waals surface area contributed by atoms with E-state index in [1.54, 1.807) is 20.8 Å². The van der Waals surface area contributed by atoms with Gasteiger partial charge in [0, 0.05) is 31.6 Å². The van der Waals surface area contributed by atoms with Crippen LogP contribution < -0.4 is 16.0 Å². The molecule has 0 saturated heterocycles. The summed E-state index contributed by atoms with van der Waals surface area (Å²) in [6.07, 6.45) is -5.05. The van der Waals surface area contributed by atoms with Gasteiger partial charge in [-0.15, -0.1) is 0 Å². The van der Waals surface area contributed by atoms with Crippen LogP contribution >= 0.6 is 0 Å². The molecule has 0 aromatic heterocycles. The first-order valence-corrected chi connectivity index (χ1v) is 8.57. The third-order valence-corrected chi connectivity index (χ3v) is 3.23. The van der Waals surface area contributed by atoms with Crippen LogP contribution in [0.3, 0.4) is 0 Å². The Morgan fingerprint density at radius 2 is 1.46 bits per heavy atom. The van der Waals surface area contributed by atoms with Gasteiger partial charge in [0.05, 0.1) is 5.56 Å². The second kappa shape index (κ2) is 9.95. The maximum Gasteiger partial charge on any atom is 0.416 e. The zero-order valence-electron chi connectivity index (χ0n) is 15.9. The lowest BCUT2D eigenvalue weighted by atomic mass is 10.1. The number of rotatable bonds is 7. The first kappa shape index (κ1) is 23.3. The van der Waals surface area contributed by atoms with Crippen LogP contribution in [0.4, 0.5) is 18.0 Å². The van der Waals surface area contributed by atoms with Gasteiger partial charge in [-0.25, -0.2) is 4.79 Å². The second-order valence-corrected chi connectivity index (χ2v) is 6.86. The summed E-state index contributed by atoms with van der Waals surface area (Å²) in [4.78, 5) is 34.9. The smallest absolute Gasteiger partial charge is 0.416 e. The molecule has 3 N–H and O–H groups in total. The summed E-state index contributed by atoms with van der Waals surface area (Å²) in [5, 5.41) is 7.48. The third-order valence-electron chi connectivity index (χ3n) is 3.23. The number of carbonyl (C=O) groups excluding carboxylic acids is 3. The van der Waals surface area contributed by atoms with Gasteiger partial charge in [-0.2, -0.15) is 13.2 Å². The number of hydrogen-bond acceptors (Lipinski definition) is 4. The molecule has 28 heavy (non-hydrogen) atoms. The highest BCUT2D eigenvalue weighted by molar-refractivity contribution is 5.94. The van der Waals surface area contributed by atoms with E-state index >= 15 is 0 Å². The van der Waals surface area contributed by atoms with E-state index in [4.69, 9.17) is 4.74 Å². The van der Waals surface area contributed by atoms with Crippen molar-refractivity contribution in [2.45, 2.75) is 39.0 Å². The molecule has 156 valence electrons. The van der Waals surface area contributed by atoms with Crippen molar-refractivity contribution in [3.63, 3.8) is 0 Å². The van der Waals surface area contributed by atoms with Crippen molar-refractivity contribution >= 4 is 17.9 Å². The zero-order chi connectivity index (χ0) is 21.4. The number of carbonyl (C=O) groups is 3. The lowest BCUT2D eigenvalue weighted by molar-refractivity contribution is -0.137. The van der Waals surface area contributed by atoms with E-state index in [0.29, 0.717) is 0 Å². The van der Waals surface area contributed by atoms with Gasteiger partial charge in [0.25, 0.3) is 5.91 Å². The Hall–Kier alpha value is -2.78. The van der Waals surface area contributed by atoms with Gasteiger partial charge in [-0.05, 0) is 45.0 Å². The maximum atomic E-state index is 12.5. The number of ether oxygens (including phenoxy) is 1. The van der Waals surface area contributed by atoms with E-state index in [9.17, 15) is 27.6 Å². The minimum atomic E-state index is -4.46. The minimum Gasteiger partial charge on any atom is -0.444 e. The van der Waals surface area contributed by atoms with E-state index in [1.807, 2.05) is 0 Å². The molecular formula is C18H24F3N3O4. The van der Waals surface area contributed by atoms with Gasteiger partial charge in [0.15, 0.2) is 0 Å². The Kier molecular flexibility index (Phi) is 8.27. The molecule has 0 aliphatic heterocycles. The Balaban J connectivity index is 2.23. The monoisotopic (exact) mass is 403 g/mol. The van der Waals surface area contributed by atoms with Crippen molar-refractivity contribution in [2.75, 3.05) is 19.6 Å². The Morgan fingerprint density at radius 1 is 0.893 bits per heavy atom. The summed E-state index contributed by atoms with van der Waals surface area (Å²) in [6, 6.07) is 3.82. The van der Waals surface area contributed by atoms with Crippen LogP contribution in [-0.2, 0) is 15.7 Å². The van der Waals surface area contributed by atoms with Crippen molar-refractivity contribution in [1.29, 1.82) is 0 Å². The first-order chi connectivity index (χ1) is 12.9. The van der Waals surface area contributed by atoms with Crippen molar-refractivity contribution in [2.24, 2.45) is 0 Å². The molecule has 0 aliphatic carbocycles. The van der Waals surface area contributed by atoms with Crippen molar-refractivity contribution in [3.8, 4) is 0 Å². The largest absolute Gasteiger partial charge is 0.444 e. The fourth-order valence-electron chi connectivity index (χ4n) is 1.97. The third kappa shape index (κ3) is 9.24. The summed E-state index contributed by atoms with van der Waals surface area (Å²) in [5.74, 6) is -0.880. The van der Waals surface area contributed by atoms with Gasteiger partial charge in [-0.1, -0.05) is 0 Å². The number of nitrogens with one attached hydrogen (secondary N) is 3. The highest BCUT2D eigenvalue weighted by Crippen LogP contribution is 2.29. The van der Waals surface area contributed by atoms with Crippen LogP contribution in [0.15, 0.2) is 24.3 Å². The van der Waals surface area contributed by atoms with Crippen LogP contribution in [0.2, 0.25) is 0 Å². The Bertz CT molecular complexity index is 683. The highest BCUT2D eigenvalue weighted by Gasteiger charge is 2.30. The molecule has 0 spiro atoms. The molecule has 1 aromatic rings. The number of alkyl carbamates (subject to hydrolysis) is 1. The van der Waals surface area contributed by atoms with Crippen LogP contribution in [0.1, 0.15) is 43.1 Å². The standard InChI is InChI=1S/C18H24F3N3O4/c1-17(2,3)28-16(27)24-9-8-14(25)22-10-11-23-15(26)12-4-6-13(7-5-12)18(19,20)21/h4-7H,8-11H2,1-3H3,(H,22,25)(H,23,26)(H,24,27). The maximum absolute atomic E-state index is 12.5. The summed E-state index contributed by atoms with van der Waals surface area (Å²) >= 11 is 0. The Labute approximate surface area is 161 Å². The summed E-state index contributed by atoms with van der Waals surface area (Å²) in [7, 11) is 0. The normalized spacial score (nSPS) is 11.5. The van der Waals surface area contributed by atoms with Crippen molar-refractivity contribution in [3.05, 3.63) is 35.4 Å². The quantitative estimate of drug-likeness (QED) is 0.610. The molecule has 0 radical (unpaired) electrons. The van der Waals surface area contributed by atoms with Crippen LogP contribution in [0.25, 0.3) is 0 Å². The van der Waals surface area contributed by atoms with E-state index < -0.39 is 29.3 Å². The van der Waals surface area contributed by atoms with Crippen LogP contribution in [0, 0.1) is 0 Å². The van der Waals surface area contributed by atoms with Gasteiger partial charge in [0.2, 0.25) is 5.91 Å². The molecule has 1 rings (SSSR count). The summed E-state index contributed by atoms with van der Waals surface area (Å²) < 4.78 is 42.5. The molecule has 1 aromatic carbocycles. The summed E-state index contributed by atoms with van der Waals surface area (Å²) in [6.45, 7) is 5.50. The molecule has 0 heterocycles. The molecule has 0 atom stereocenters. The molecule has 0 unspecified atom stereocenters. The molecule has 0 saturated carbocycles. The second-order valence-electron chi connectivity index (χ2n) is 6.86. The van der Waals surface area contributed by atoms with E-state index in [2.05, 4.69) is 16.0 Å². The molecule has 0 fully saturated rings. The molecule has 3 amide bonds. The number of amides is 3. The predicted octanol–water partition coefficient (Wildman–Crippen LogP) is 2.47. The van der Waals surface area contributed by atoms with Crippen molar-refractivity contribution < 1.29 is 32.3 Å².